The van der Waals surface area contributed by atoms with Gasteiger partial charge in [-0.15, -0.1) is 0 Å². The van der Waals surface area contributed by atoms with Crippen molar-refractivity contribution in [3.05, 3.63) is 24.0 Å². The standard InChI is InChI=1S/C14H23N3S/c1-11(15)13-5-4-12(10-16-13)17-7-6-14(2,3)18-9-8-17/h4-5,10-11H,6-9,15H2,1-3H3/t11-/m1/s1. The molecule has 0 saturated carbocycles. The molecule has 4 heteroatoms. The van der Waals surface area contributed by atoms with Gasteiger partial charge in [-0.25, -0.2) is 0 Å². The first-order valence-electron chi connectivity index (χ1n) is 6.58. The van der Waals surface area contributed by atoms with Gasteiger partial charge in [-0.3, -0.25) is 4.98 Å². The Kier molecular flexibility index (Phi) is 4.17. The second kappa shape index (κ2) is 5.49. The fourth-order valence-corrected chi connectivity index (χ4v) is 3.23. The Balaban J connectivity index is 2.07. The molecule has 0 aromatic carbocycles. The van der Waals surface area contributed by atoms with Gasteiger partial charge >= 0.3 is 0 Å². The van der Waals surface area contributed by atoms with Crippen molar-refractivity contribution in [2.24, 2.45) is 5.73 Å². The SMILES string of the molecule is C[C@@H](N)c1ccc(N2CCSC(C)(C)CC2)cn1. The zero-order valence-electron chi connectivity index (χ0n) is 11.5. The smallest absolute Gasteiger partial charge is 0.0569 e. The van der Waals surface area contributed by atoms with E-state index in [9.17, 15) is 0 Å². The van der Waals surface area contributed by atoms with Gasteiger partial charge in [0.15, 0.2) is 0 Å². The van der Waals surface area contributed by atoms with Crippen molar-refractivity contribution in [2.45, 2.75) is 38.0 Å². The minimum Gasteiger partial charge on any atom is -0.369 e. The lowest BCUT2D eigenvalue weighted by atomic mass is 10.1. The van der Waals surface area contributed by atoms with Crippen LogP contribution in [0.25, 0.3) is 0 Å². The van der Waals surface area contributed by atoms with Crippen LogP contribution < -0.4 is 10.6 Å². The van der Waals surface area contributed by atoms with Crippen LogP contribution in [0.15, 0.2) is 18.3 Å². The van der Waals surface area contributed by atoms with E-state index in [1.54, 1.807) is 0 Å². The zero-order valence-corrected chi connectivity index (χ0v) is 12.3. The van der Waals surface area contributed by atoms with Crippen LogP contribution in [-0.2, 0) is 0 Å². The van der Waals surface area contributed by atoms with Crippen LogP contribution in [0.5, 0.6) is 0 Å². The molecule has 18 heavy (non-hydrogen) atoms. The van der Waals surface area contributed by atoms with Crippen molar-refractivity contribution in [1.29, 1.82) is 0 Å². The predicted octanol–water partition coefficient (Wildman–Crippen LogP) is 2.82. The third kappa shape index (κ3) is 3.39. The molecule has 0 bridgehead atoms. The van der Waals surface area contributed by atoms with Gasteiger partial charge < -0.3 is 10.6 Å². The highest BCUT2D eigenvalue weighted by atomic mass is 32.2. The minimum absolute atomic E-state index is 0.0117. The van der Waals surface area contributed by atoms with Gasteiger partial charge in [0.2, 0.25) is 0 Å². The van der Waals surface area contributed by atoms with Gasteiger partial charge in [-0.1, -0.05) is 13.8 Å². The number of hydrogen-bond acceptors (Lipinski definition) is 4. The number of thioether (sulfide) groups is 1. The first-order valence-corrected chi connectivity index (χ1v) is 7.57. The molecule has 1 saturated heterocycles. The van der Waals surface area contributed by atoms with Crippen molar-refractivity contribution >= 4 is 17.4 Å². The Morgan fingerprint density at radius 1 is 1.39 bits per heavy atom. The molecule has 3 nitrogen and oxygen atoms in total. The van der Waals surface area contributed by atoms with Gasteiger partial charge in [-0.2, -0.15) is 11.8 Å². The third-order valence-corrected chi connectivity index (χ3v) is 4.81. The van der Waals surface area contributed by atoms with Crippen LogP contribution in [0.2, 0.25) is 0 Å². The summed E-state index contributed by atoms with van der Waals surface area (Å²) in [7, 11) is 0. The van der Waals surface area contributed by atoms with Crippen LogP contribution in [0, 0.1) is 0 Å². The molecule has 1 aliphatic heterocycles. The largest absolute Gasteiger partial charge is 0.369 e. The second-order valence-corrected chi connectivity index (χ2v) is 7.38. The molecule has 1 atom stereocenters. The summed E-state index contributed by atoms with van der Waals surface area (Å²) >= 11 is 2.07. The third-order valence-electron chi connectivity index (χ3n) is 3.44. The Hall–Kier alpha value is -0.740. The van der Waals surface area contributed by atoms with E-state index in [1.165, 1.54) is 17.9 Å². The summed E-state index contributed by atoms with van der Waals surface area (Å²) < 4.78 is 0.397. The number of anilines is 1. The van der Waals surface area contributed by atoms with E-state index >= 15 is 0 Å². The number of pyridine rings is 1. The maximum atomic E-state index is 5.82. The van der Waals surface area contributed by atoms with E-state index < -0.39 is 0 Å². The highest BCUT2D eigenvalue weighted by Crippen LogP contribution is 2.32. The lowest BCUT2D eigenvalue weighted by Gasteiger charge is -2.24. The van der Waals surface area contributed by atoms with E-state index in [4.69, 9.17) is 5.73 Å². The Morgan fingerprint density at radius 3 is 2.78 bits per heavy atom. The van der Waals surface area contributed by atoms with Crippen LogP contribution >= 0.6 is 11.8 Å². The quantitative estimate of drug-likeness (QED) is 0.893. The van der Waals surface area contributed by atoms with Crippen molar-refractivity contribution in [1.82, 2.24) is 4.98 Å². The van der Waals surface area contributed by atoms with Gasteiger partial charge in [-0.05, 0) is 25.5 Å². The molecule has 0 radical (unpaired) electrons. The highest BCUT2D eigenvalue weighted by molar-refractivity contribution is 8.00. The number of hydrogen-bond donors (Lipinski definition) is 1. The summed E-state index contributed by atoms with van der Waals surface area (Å²) in [5.41, 5.74) is 8.00. The van der Waals surface area contributed by atoms with Crippen LogP contribution in [0.1, 0.15) is 38.9 Å². The highest BCUT2D eigenvalue weighted by Gasteiger charge is 2.23. The van der Waals surface area contributed by atoms with E-state index in [0.717, 1.165) is 18.8 Å². The summed E-state index contributed by atoms with van der Waals surface area (Å²) in [5.74, 6) is 1.18. The van der Waals surface area contributed by atoms with E-state index in [1.807, 2.05) is 19.2 Å². The summed E-state index contributed by atoms with van der Waals surface area (Å²) in [6, 6.07) is 4.20. The van der Waals surface area contributed by atoms with E-state index in [2.05, 4.69) is 41.6 Å². The molecule has 1 aromatic heterocycles. The molecule has 1 aromatic rings. The maximum Gasteiger partial charge on any atom is 0.0569 e. The lowest BCUT2D eigenvalue weighted by molar-refractivity contribution is 0.637. The first-order chi connectivity index (χ1) is 8.48. The molecule has 2 rings (SSSR count). The Labute approximate surface area is 114 Å². The molecule has 1 aliphatic rings. The molecule has 2 N–H and O–H groups in total. The average Bonchev–Trinajstić information content (AvgIpc) is 2.50. The molecule has 0 amide bonds. The summed E-state index contributed by atoms with van der Waals surface area (Å²) in [5, 5.41) is 0. The first kappa shape index (κ1) is 13.7. The molecular weight excluding hydrogens is 242 g/mol. The minimum atomic E-state index is 0.0117. The van der Waals surface area contributed by atoms with Crippen molar-refractivity contribution in [3.63, 3.8) is 0 Å². The summed E-state index contributed by atoms with van der Waals surface area (Å²) in [4.78, 5) is 6.88. The van der Waals surface area contributed by atoms with Gasteiger partial charge in [0.25, 0.3) is 0 Å². The van der Waals surface area contributed by atoms with Crippen molar-refractivity contribution in [3.8, 4) is 0 Å². The van der Waals surface area contributed by atoms with E-state index in [-0.39, 0.29) is 6.04 Å². The lowest BCUT2D eigenvalue weighted by Crippen LogP contribution is -2.27. The molecule has 0 unspecified atom stereocenters. The van der Waals surface area contributed by atoms with Crippen LogP contribution in [-0.4, -0.2) is 28.6 Å². The maximum absolute atomic E-state index is 5.82. The Bertz CT molecular complexity index is 387. The van der Waals surface area contributed by atoms with Crippen LogP contribution in [0.4, 0.5) is 5.69 Å². The summed E-state index contributed by atoms with van der Waals surface area (Å²) in [6.45, 7) is 8.84. The number of nitrogens with zero attached hydrogens (tertiary/aromatic N) is 2. The van der Waals surface area contributed by atoms with Crippen molar-refractivity contribution in [2.75, 3.05) is 23.7 Å². The Morgan fingerprint density at radius 2 is 2.17 bits per heavy atom. The monoisotopic (exact) mass is 265 g/mol. The molecule has 0 spiro atoms. The zero-order chi connectivity index (χ0) is 13.2. The van der Waals surface area contributed by atoms with Gasteiger partial charge in [0.05, 0.1) is 17.6 Å². The fraction of sp³-hybridized carbons (Fsp3) is 0.643. The van der Waals surface area contributed by atoms with E-state index in [0.29, 0.717) is 4.75 Å². The summed E-state index contributed by atoms with van der Waals surface area (Å²) in [6.07, 6.45) is 3.17. The second-order valence-electron chi connectivity index (χ2n) is 5.58. The van der Waals surface area contributed by atoms with Crippen LogP contribution in [0.3, 0.4) is 0 Å². The normalized spacial score (nSPS) is 21.4. The molecule has 0 aliphatic carbocycles. The van der Waals surface area contributed by atoms with Gasteiger partial charge in [0.1, 0.15) is 0 Å². The molecule has 1 fully saturated rings. The number of rotatable bonds is 2. The molecular formula is C14H23N3S. The van der Waals surface area contributed by atoms with Crippen molar-refractivity contribution < 1.29 is 0 Å². The predicted molar refractivity (Wildman–Crippen MR) is 80.2 cm³/mol. The fourth-order valence-electron chi connectivity index (χ4n) is 2.13. The topological polar surface area (TPSA) is 42.1 Å². The number of aromatic nitrogens is 1. The molecule has 100 valence electrons. The average molecular weight is 265 g/mol. The molecule has 2 heterocycles. The van der Waals surface area contributed by atoms with Gasteiger partial charge in [0, 0.05) is 29.6 Å². The number of nitrogens with two attached hydrogens (primary N) is 1.